The molecule has 0 amide bonds. The SMILES string of the molecule is N#Cc1cc(-c2nc(-c3ccccc3)nc(-c3cccc(-c4ccccc4)c3)n2)ccc1-n1c2ccccc2c2ccc3c(c4ccccc4n3-c3cccc4c3oc3ccccc34)c21. The first-order valence-corrected chi connectivity index (χ1v) is 21.6. The summed E-state index contributed by atoms with van der Waals surface area (Å²) >= 11 is 0. The molecule has 0 fully saturated rings. The minimum Gasteiger partial charge on any atom is -0.454 e. The van der Waals surface area contributed by atoms with Crippen molar-refractivity contribution >= 4 is 65.6 Å². The lowest BCUT2D eigenvalue weighted by Gasteiger charge is -2.13. The van der Waals surface area contributed by atoms with Crippen LogP contribution in [-0.4, -0.2) is 24.1 Å². The van der Waals surface area contributed by atoms with Gasteiger partial charge in [-0.15, -0.1) is 0 Å². The molecule has 0 radical (unpaired) electrons. The molecule has 0 bridgehead atoms. The van der Waals surface area contributed by atoms with Crippen molar-refractivity contribution < 1.29 is 4.42 Å². The first kappa shape index (κ1) is 36.5. The number of fused-ring (bicyclic) bond motifs is 10. The Bertz CT molecular complexity index is 4080. The van der Waals surface area contributed by atoms with E-state index in [0.717, 1.165) is 99.2 Å². The predicted octanol–water partition coefficient (Wildman–Crippen LogP) is 14.5. The van der Waals surface area contributed by atoms with Gasteiger partial charge in [-0.3, -0.25) is 0 Å². The minimum atomic E-state index is 0.481. The van der Waals surface area contributed by atoms with Crippen LogP contribution in [0.2, 0.25) is 0 Å². The lowest BCUT2D eigenvalue weighted by atomic mass is 10.0. The molecule has 0 aliphatic carbocycles. The van der Waals surface area contributed by atoms with Crippen LogP contribution < -0.4 is 0 Å². The molecule has 0 aliphatic heterocycles. The average Bonchev–Trinajstić information content (AvgIpc) is 4.04. The molecule has 0 N–H and O–H groups in total. The molecule has 7 nitrogen and oxygen atoms in total. The Morgan fingerprint density at radius 1 is 0.385 bits per heavy atom. The second kappa shape index (κ2) is 14.5. The molecule has 4 heterocycles. The van der Waals surface area contributed by atoms with Crippen LogP contribution in [0.4, 0.5) is 0 Å². The summed E-state index contributed by atoms with van der Waals surface area (Å²) in [5.74, 6) is 1.58. The number of nitrogens with zero attached hydrogens (tertiary/aromatic N) is 6. The van der Waals surface area contributed by atoms with Gasteiger partial charge in [0, 0.05) is 49.0 Å². The van der Waals surface area contributed by atoms with Crippen LogP contribution in [0.5, 0.6) is 0 Å². The van der Waals surface area contributed by atoms with E-state index in [1.807, 2.05) is 91.0 Å². The molecule has 13 aromatic rings. The fourth-order valence-corrected chi connectivity index (χ4v) is 9.71. The van der Waals surface area contributed by atoms with Gasteiger partial charge in [-0.25, -0.2) is 15.0 Å². The molecule has 4 aromatic heterocycles. The van der Waals surface area contributed by atoms with E-state index in [2.05, 4.69) is 130 Å². The first-order chi connectivity index (χ1) is 32.2. The monoisotopic (exact) mass is 830 g/mol. The highest BCUT2D eigenvalue weighted by molar-refractivity contribution is 6.26. The molecule has 302 valence electrons. The molecule has 13 rings (SSSR count). The van der Waals surface area contributed by atoms with Gasteiger partial charge in [0.25, 0.3) is 0 Å². The van der Waals surface area contributed by atoms with E-state index < -0.39 is 0 Å². The van der Waals surface area contributed by atoms with E-state index in [1.54, 1.807) is 0 Å². The number of aromatic nitrogens is 5. The van der Waals surface area contributed by atoms with E-state index in [1.165, 1.54) is 0 Å². The van der Waals surface area contributed by atoms with E-state index in [0.29, 0.717) is 28.6 Å². The van der Waals surface area contributed by atoms with Crippen LogP contribution >= 0.6 is 0 Å². The summed E-state index contributed by atoms with van der Waals surface area (Å²) in [5.41, 5.74) is 12.7. The summed E-state index contributed by atoms with van der Waals surface area (Å²) in [5, 5.41) is 17.6. The van der Waals surface area contributed by atoms with Crippen molar-refractivity contribution in [3.05, 3.63) is 212 Å². The minimum absolute atomic E-state index is 0.481. The van der Waals surface area contributed by atoms with E-state index in [9.17, 15) is 5.26 Å². The van der Waals surface area contributed by atoms with Gasteiger partial charge in [0.15, 0.2) is 23.1 Å². The number of hydrogen-bond donors (Lipinski definition) is 0. The normalized spacial score (nSPS) is 11.7. The number of rotatable bonds is 6. The average molecular weight is 831 g/mol. The third-order valence-electron chi connectivity index (χ3n) is 12.6. The zero-order valence-electron chi connectivity index (χ0n) is 34.7. The van der Waals surface area contributed by atoms with Gasteiger partial charge in [0.2, 0.25) is 0 Å². The molecule has 65 heavy (non-hydrogen) atoms. The van der Waals surface area contributed by atoms with Gasteiger partial charge in [-0.2, -0.15) is 5.26 Å². The lowest BCUT2D eigenvalue weighted by Crippen LogP contribution is -2.02. The molecule has 0 atom stereocenters. The van der Waals surface area contributed by atoms with Gasteiger partial charge in [0.1, 0.15) is 11.7 Å². The van der Waals surface area contributed by atoms with E-state index >= 15 is 0 Å². The van der Waals surface area contributed by atoms with Gasteiger partial charge < -0.3 is 13.6 Å². The molecular weight excluding hydrogens is 797 g/mol. The maximum absolute atomic E-state index is 11.1. The number of para-hydroxylation sites is 4. The molecule has 0 spiro atoms. The van der Waals surface area contributed by atoms with Gasteiger partial charge >= 0.3 is 0 Å². The molecule has 0 unspecified atom stereocenters. The van der Waals surface area contributed by atoms with Crippen LogP contribution in [0.25, 0.3) is 122 Å². The first-order valence-electron chi connectivity index (χ1n) is 21.6. The lowest BCUT2D eigenvalue weighted by molar-refractivity contribution is 0.666. The summed E-state index contributed by atoms with van der Waals surface area (Å²) in [7, 11) is 0. The van der Waals surface area contributed by atoms with Crippen LogP contribution in [-0.2, 0) is 0 Å². The predicted molar refractivity (Wildman–Crippen MR) is 262 cm³/mol. The molecule has 7 heteroatoms. The van der Waals surface area contributed by atoms with Crippen molar-refractivity contribution in [2.45, 2.75) is 0 Å². The molecule has 0 aliphatic rings. The summed E-state index contributed by atoms with van der Waals surface area (Å²) < 4.78 is 11.2. The van der Waals surface area contributed by atoms with Crippen molar-refractivity contribution in [3.8, 4) is 62.7 Å². The Labute approximate surface area is 372 Å². The van der Waals surface area contributed by atoms with Crippen molar-refractivity contribution in [1.29, 1.82) is 5.26 Å². The summed E-state index contributed by atoms with van der Waals surface area (Å²) in [6.45, 7) is 0. The van der Waals surface area contributed by atoms with Crippen LogP contribution in [0.3, 0.4) is 0 Å². The van der Waals surface area contributed by atoms with Gasteiger partial charge in [-0.05, 0) is 65.7 Å². The van der Waals surface area contributed by atoms with Gasteiger partial charge in [0.05, 0.1) is 39.0 Å². The van der Waals surface area contributed by atoms with Crippen molar-refractivity contribution in [2.75, 3.05) is 0 Å². The number of hydrogen-bond acceptors (Lipinski definition) is 5. The smallest absolute Gasteiger partial charge is 0.164 e. The Morgan fingerprint density at radius 2 is 0.969 bits per heavy atom. The Hall–Kier alpha value is -9.12. The van der Waals surface area contributed by atoms with Crippen LogP contribution in [0.1, 0.15) is 5.56 Å². The standard InChI is InChI=1S/C58H34N6O/c59-35-41-34-40(58-61-56(37-17-5-2-6-18-37)60-57(62-58)39-20-13-19-38(33-39)36-15-3-1-4-16-36)29-31-47(41)64-48-25-10-7-21-42(48)44-30-32-50-53(54(44)64)46-23-8-11-26-49(46)63(50)51-27-14-24-45-43-22-9-12-28-52(43)65-55(45)51/h1-34H. The molecular formula is C58H34N6O. The highest BCUT2D eigenvalue weighted by Crippen LogP contribution is 2.44. The topological polar surface area (TPSA) is 85.5 Å². The van der Waals surface area contributed by atoms with Crippen molar-refractivity contribution in [3.63, 3.8) is 0 Å². The number of benzene rings is 9. The highest BCUT2D eigenvalue weighted by Gasteiger charge is 2.24. The van der Waals surface area contributed by atoms with Crippen molar-refractivity contribution in [2.24, 2.45) is 0 Å². The van der Waals surface area contributed by atoms with E-state index in [-0.39, 0.29) is 0 Å². The van der Waals surface area contributed by atoms with Gasteiger partial charge in [-0.1, -0.05) is 152 Å². The second-order valence-electron chi connectivity index (χ2n) is 16.3. The fourth-order valence-electron chi connectivity index (χ4n) is 9.71. The maximum atomic E-state index is 11.1. The number of nitriles is 1. The van der Waals surface area contributed by atoms with Crippen LogP contribution in [0.15, 0.2) is 211 Å². The zero-order valence-corrected chi connectivity index (χ0v) is 34.7. The summed E-state index contributed by atoms with van der Waals surface area (Å²) in [4.78, 5) is 15.1. The Morgan fingerprint density at radius 3 is 1.74 bits per heavy atom. The fraction of sp³-hybridized carbons (Fsp3) is 0. The summed E-state index contributed by atoms with van der Waals surface area (Å²) in [6.07, 6.45) is 0. The summed E-state index contributed by atoms with van der Waals surface area (Å²) in [6, 6.07) is 73.1. The Kier molecular flexibility index (Phi) is 8.14. The second-order valence-corrected chi connectivity index (χ2v) is 16.3. The molecule has 9 aromatic carbocycles. The molecule has 0 saturated heterocycles. The zero-order chi connectivity index (χ0) is 43.0. The largest absolute Gasteiger partial charge is 0.454 e. The third kappa shape index (κ3) is 5.71. The van der Waals surface area contributed by atoms with E-state index in [4.69, 9.17) is 19.4 Å². The Balaban J connectivity index is 1.03. The maximum Gasteiger partial charge on any atom is 0.164 e. The third-order valence-corrected chi connectivity index (χ3v) is 12.6. The quantitative estimate of drug-likeness (QED) is 0.167. The van der Waals surface area contributed by atoms with Crippen molar-refractivity contribution in [1.82, 2.24) is 24.1 Å². The molecule has 0 saturated carbocycles. The highest BCUT2D eigenvalue weighted by atomic mass is 16.3. The van der Waals surface area contributed by atoms with Crippen LogP contribution in [0, 0.1) is 11.3 Å². The number of furan rings is 1.